The minimum atomic E-state index is -4.96. The Bertz CT molecular complexity index is 1560. The fourth-order valence-corrected chi connectivity index (χ4v) is 4.78. The van der Waals surface area contributed by atoms with Crippen LogP contribution in [0.25, 0.3) is 10.9 Å². The van der Waals surface area contributed by atoms with Gasteiger partial charge in [-0.1, -0.05) is 48.5 Å². The van der Waals surface area contributed by atoms with E-state index < -0.39 is 41.6 Å². The molecule has 1 aliphatic heterocycles. The minimum absolute atomic E-state index is 0.104. The summed E-state index contributed by atoms with van der Waals surface area (Å²) >= 11 is 0. The molecule has 0 saturated carbocycles. The number of amides is 2. The van der Waals surface area contributed by atoms with Crippen molar-refractivity contribution in [3.63, 3.8) is 0 Å². The first kappa shape index (κ1) is 25.2. The second-order valence-corrected chi connectivity index (χ2v) is 8.84. The van der Waals surface area contributed by atoms with E-state index in [1.807, 2.05) is 6.07 Å². The second-order valence-electron chi connectivity index (χ2n) is 8.84. The molecule has 1 N–H and O–H groups in total. The number of urea groups is 1. The summed E-state index contributed by atoms with van der Waals surface area (Å²) in [5.74, 6) is -1.04. The van der Waals surface area contributed by atoms with Crippen LogP contribution in [0.4, 0.5) is 28.0 Å². The normalized spacial score (nSPS) is 15.7. The monoisotopic (exact) mass is 526 g/mol. The number of benzene rings is 3. The summed E-state index contributed by atoms with van der Waals surface area (Å²) in [6, 6.07) is 16.2. The van der Waals surface area contributed by atoms with Crippen LogP contribution in [0.3, 0.4) is 0 Å². The first-order chi connectivity index (χ1) is 18.1. The first-order valence-corrected chi connectivity index (χ1v) is 11.8. The minimum Gasteiger partial charge on any atom is -0.404 e. The summed E-state index contributed by atoms with van der Waals surface area (Å²) in [7, 11) is 0. The fraction of sp³-hybridized carbons (Fsp3) is 0.222. The Morgan fingerprint density at radius 3 is 2.53 bits per heavy atom. The number of hydrogen-bond donors (Lipinski definition) is 1. The molecule has 1 aromatic heterocycles. The molecule has 2 heterocycles. The average molecular weight is 526 g/mol. The maximum absolute atomic E-state index is 14.6. The predicted octanol–water partition coefficient (Wildman–Crippen LogP) is 6.17. The Hall–Kier alpha value is -4.41. The molecule has 5 rings (SSSR count). The van der Waals surface area contributed by atoms with Crippen LogP contribution in [0.15, 0.2) is 77.6 Å². The summed E-state index contributed by atoms with van der Waals surface area (Å²) in [6.45, 7) is 1.99. The number of nitrogens with one attached hydrogen (secondary N) is 1. The summed E-state index contributed by atoms with van der Waals surface area (Å²) in [4.78, 5) is 32.7. The molecule has 1 aliphatic rings. The van der Waals surface area contributed by atoms with Crippen LogP contribution >= 0.6 is 0 Å². The molecule has 4 aromatic rings. The van der Waals surface area contributed by atoms with Crippen molar-refractivity contribution in [2.45, 2.75) is 38.3 Å². The van der Waals surface area contributed by atoms with Crippen molar-refractivity contribution in [3.8, 4) is 5.75 Å². The predicted molar refractivity (Wildman–Crippen MR) is 132 cm³/mol. The molecule has 38 heavy (non-hydrogen) atoms. The smallest absolute Gasteiger partial charge is 0.404 e. The number of aromatic nitrogens is 2. The topological polar surface area (TPSA) is 76.5 Å². The molecule has 0 spiro atoms. The van der Waals surface area contributed by atoms with E-state index in [1.165, 1.54) is 45.9 Å². The highest BCUT2D eigenvalue weighted by Crippen LogP contribution is 2.38. The Morgan fingerprint density at radius 1 is 1.08 bits per heavy atom. The zero-order chi connectivity index (χ0) is 27.0. The van der Waals surface area contributed by atoms with Gasteiger partial charge in [0.25, 0.3) is 5.56 Å². The summed E-state index contributed by atoms with van der Waals surface area (Å²) < 4.78 is 59.0. The molecule has 0 bridgehead atoms. The van der Waals surface area contributed by atoms with E-state index in [0.717, 1.165) is 11.6 Å². The van der Waals surface area contributed by atoms with Crippen molar-refractivity contribution in [2.24, 2.45) is 0 Å². The zero-order valence-corrected chi connectivity index (χ0v) is 20.1. The number of nitrogens with zero attached hydrogens (tertiary/aromatic N) is 3. The Morgan fingerprint density at radius 2 is 1.79 bits per heavy atom. The Balaban J connectivity index is 1.58. The lowest BCUT2D eigenvalue weighted by Crippen LogP contribution is -2.40. The maximum Gasteiger partial charge on any atom is 0.573 e. The lowest BCUT2D eigenvalue weighted by molar-refractivity contribution is -0.274. The molecule has 0 aliphatic carbocycles. The number of para-hydroxylation sites is 3. The van der Waals surface area contributed by atoms with E-state index in [2.05, 4.69) is 15.0 Å². The molecule has 0 fully saturated rings. The molecule has 7 nitrogen and oxygen atoms in total. The van der Waals surface area contributed by atoms with Crippen molar-refractivity contribution in [2.75, 3.05) is 5.32 Å². The number of anilines is 1. The highest BCUT2D eigenvalue weighted by Gasteiger charge is 2.38. The standard InChI is InChI=1S/C27H22F4N4O3/c1-16(17-8-3-2-4-9-17)35(26(37)32-20-12-5-6-13-22(20)38-27(29,30)31)21-14-15-34-24(21)33-23-18(25(34)36)10-7-11-19(23)28/h2-13,16,21H,14-15H2,1H3,(H,32,37). The molecular formula is C27H22F4N4O3. The Labute approximate surface area is 214 Å². The van der Waals surface area contributed by atoms with Crippen LogP contribution in [0.1, 0.15) is 36.8 Å². The summed E-state index contributed by atoms with van der Waals surface area (Å²) in [5, 5.41) is 2.65. The van der Waals surface area contributed by atoms with E-state index in [-0.39, 0.29) is 29.0 Å². The van der Waals surface area contributed by atoms with Crippen LogP contribution in [-0.2, 0) is 6.54 Å². The SMILES string of the molecule is CC(c1ccccc1)N(C(=O)Nc1ccccc1OC(F)(F)F)C1CCn2c1nc1c(F)cccc1c2=O. The third-order valence-electron chi connectivity index (χ3n) is 6.51. The molecule has 2 unspecified atom stereocenters. The lowest BCUT2D eigenvalue weighted by atomic mass is 10.0. The summed E-state index contributed by atoms with van der Waals surface area (Å²) in [6.07, 6.45) is -4.66. The molecule has 3 aromatic carbocycles. The van der Waals surface area contributed by atoms with Crippen LogP contribution in [-0.4, -0.2) is 26.8 Å². The molecule has 11 heteroatoms. The largest absolute Gasteiger partial charge is 0.573 e. The van der Waals surface area contributed by atoms with Gasteiger partial charge in [-0.2, -0.15) is 0 Å². The van der Waals surface area contributed by atoms with Gasteiger partial charge >= 0.3 is 12.4 Å². The molecule has 196 valence electrons. The fourth-order valence-electron chi connectivity index (χ4n) is 4.78. The number of rotatable bonds is 5. The third-order valence-corrected chi connectivity index (χ3v) is 6.51. The quantitative estimate of drug-likeness (QED) is 0.316. The number of fused-ring (bicyclic) bond motifs is 2. The first-order valence-electron chi connectivity index (χ1n) is 11.8. The van der Waals surface area contributed by atoms with Crippen molar-refractivity contribution in [1.29, 1.82) is 0 Å². The maximum atomic E-state index is 14.6. The third kappa shape index (κ3) is 4.79. The highest BCUT2D eigenvalue weighted by molar-refractivity contribution is 5.91. The van der Waals surface area contributed by atoms with Gasteiger partial charge in [0, 0.05) is 6.54 Å². The van der Waals surface area contributed by atoms with E-state index in [4.69, 9.17) is 0 Å². The van der Waals surface area contributed by atoms with Gasteiger partial charge in [-0.3, -0.25) is 9.36 Å². The Kier molecular flexibility index (Phi) is 6.52. The van der Waals surface area contributed by atoms with Gasteiger partial charge in [-0.15, -0.1) is 13.2 Å². The molecule has 0 saturated heterocycles. The van der Waals surface area contributed by atoms with Gasteiger partial charge in [0.05, 0.1) is 23.2 Å². The van der Waals surface area contributed by atoms with E-state index >= 15 is 0 Å². The van der Waals surface area contributed by atoms with E-state index in [0.29, 0.717) is 6.42 Å². The van der Waals surface area contributed by atoms with Crippen LogP contribution in [0.2, 0.25) is 0 Å². The van der Waals surface area contributed by atoms with Crippen LogP contribution in [0.5, 0.6) is 5.75 Å². The van der Waals surface area contributed by atoms with Crippen molar-refractivity contribution >= 4 is 22.6 Å². The molecule has 2 amide bonds. The van der Waals surface area contributed by atoms with Crippen LogP contribution < -0.4 is 15.6 Å². The van der Waals surface area contributed by atoms with Gasteiger partial charge in [0.1, 0.15) is 17.2 Å². The van der Waals surface area contributed by atoms with Gasteiger partial charge in [-0.25, -0.2) is 14.2 Å². The number of carbonyl (C=O) groups excluding carboxylic acids is 1. The number of halogens is 4. The number of ether oxygens (including phenoxy) is 1. The average Bonchev–Trinajstić information content (AvgIpc) is 3.29. The summed E-state index contributed by atoms with van der Waals surface area (Å²) in [5.41, 5.74) is 0.0270. The van der Waals surface area contributed by atoms with Crippen molar-refractivity contribution in [1.82, 2.24) is 14.5 Å². The number of hydrogen-bond acceptors (Lipinski definition) is 4. The van der Waals surface area contributed by atoms with Gasteiger partial charge in [0.15, 0.2) is 5.75 Å². The van der Waals surface area contributed by atoms with Crippen molar-refractivity contribution in [3.05, 3.63) is 100 Å². The van der Waals surface area contributed by atoms with Crippen molar-refractivity contribution < 1.29 is 27.1 Å². The number of carbonyl (C=O) groups is 1. The second kappa shape index (κ2) is 9.81. The van der Waals surface area contributed by atoms with E-state index in [9.17, 15) is 27.2 Å². The molecule has 2 atom stereocenters. The lowest BCUT2D eigenvalue weighted by Gasteiger charge is -2.34. The van der Waals surface area contributed by atoms with Gasteiger partial charge in [0.2, 0.25) is 0 Å². The van der Waals surface area contributed by atoms with E-state index in [1.54, 1.807) is 31.2 Å². The zero-order valence-electron chi connectivity index (χ0n) is 20.1. The van der Waals surface area contributed by atoms with Gasteiger partial charge < -0.3 is 15.0 Å². The highest BCUT2D eigenvalue weighted by atomic mass is 19.4. The van der Waals surface area contributed by atoms with Crippen LogP contribution in [0, 0.1) is 5.82 Å². The van der Waals surface area contributed by atoms with Gasteiger partial charge in [-0.05, 0) is 43.2 Å². The number of alkyl halides is 3. The molecular weight excluding hydrogens is 504 g/mol. The molecule has 0 radical (unpaired) electrons.